The lowest BCUT2D eigenvalue weighted by atomic mass is 10.1. The summed E-state index contributed by atoms with van der Waals surface area (Å²) >= 11 is 6.00. The van der Waals surface area contributed by atoms with Crippen LogP contribution in [0.25, 0.3) is 16.9 Å². The molecule has 34 heavy (non-hydrogen) atoms. The Hall–Kier alpha value is -4.02. The second kappa shape index (κ2) is 9.08. The summed E-state index contributed by atoms with van der Waals surface area (Å²) < 4.78 is 3.65. The largest absolute Gasteiger partial charge is 0.374 e. The molecule has 4 N–H and O–H groups in total. The summed E-state index contributed by atoms with van der Waals surface area (Å²) in [5.74, 6) is 2.74. The summed E-state index contributed by atoms with van der Waals surface area (Å²) in [5, 5.41) is 20.0. The number of anilines is 3. The number of aryl methyl sites for hydroxylation is 1. The predicted molar refractivity (Wildman–Crippen MR) is 132 cm³/mol. The standard InChI is InChI=1S/C23H23ClN10/c1-26-20-12-15(18-7-9-27-23(29-18)30-19-8-10-28-33(19)2)13-21-31-32-22(34(20)21)17(25)11-14-3-5-16(24)6-4-14/h3-10,12-13,17,26H,11,25H2,1-2H3,(H,27,29,30)/t17-/m1/s1. The molecule has 0 fully saturated rings. The predicted octanol–water partition coefficient (Wildman–Crippen LogP) is 3.60. The van der Waals surface area contributed by atoms with Gasteiger partial charge in [-0.05, 0) is 42.3 Å². The van der Waals surface area contributed by atoms with Gasteiger partial charge in [-0.25, -0.2) is 9.97 Å². The maximum Gasteiger partial charge on any atom is 0.228 e. The third-order valence-electron chi connectivity index (χ3n) is 5.50. The summed E-state index contributed by atoms with van der Waals surface area (Å²) in [7, 11) is 3.70. The van der Waals surface area contributed by atoms with Gasteiger partial charge in [-0.1, -0.05) is 23.7 Å². The zero-order chi connectivity index (χ0) is 23.7. The van der Waals surface area contributed by atoms with Crippen LogP contribution in [0.15, 0.2) is 60.9 Å². The average molecular weight is 475 g/mol. The Kier molecular flexibility index (Phi) is 5.83. The van der Waals surface area contributed by atoms with Crippen molar-refractivity contribution < 1.29 is 0 Å². The van der Waals surface area contributed by atoms with Crippen LogP contribution in [0.2, 0.25) is 5.02 Å². The summed E-state index contributed by atoms with van der Waals surface area (Å²) in [6, 6.07) is 14.9. The van der Waals surface area contributed by atoms with Crippen molar-refractivity contribution >= 4 is 34.8 Å². The van der Waals surface area contributed by atoms with Crippen LogP contribution in [-0.4, -0.2) is 41.4 Å². The molecule has 0 unspecified atom stereocenters. The van der Waals surface area contributed by atoms with Crippen LogP contribution < -0.4 is 16.4 Å². The Morgan fingerprint density at radius 3 is 2.59 bits per heavy atom. The van der Waals surface area contributed by atoms with Gasteiger partial charge < -0.3 is 16.4 Å². The molecule has 1 atom stereocenters. The summed E-state index contributed by atoms with van der Waals surface area (Å²) in [6.45, 7) is 0. The van der Waals surface area contributed by atoms with Gasteiger partial charge in [-0.15, -0.1) is 10.2 Å². The van der Waals surface area contributed by atoms with Crippen LogP contribution in [-0.2, 0) is 13.5 Å². The molecule has 0 saturated carbocycles. The fourth-order valence-electron chi connectivity index (χ4n) is 3.77. The molecule has 4 heterocycles. The van der Waals surface area contributed by atoms with Gasteiger partial charge in [0.25, 0.3) is 0 Å². The number of hydrogen-bond donors (Lipinski definition) is 3. The first-order valence-corrected chi connectivity index (χ1v) is 11.0. The minimum absolute atomic E-state index is 0.345. The lowest BCUT2D eigenvalue weighted by molar-refractivity contribution is 0.659. The maximum atomic E-state index is 6.52. The Morgan fingerprint density at radius 2 is 1.85 bits per heavy atom. The van der Waals surface area contributed by atoms with E-state index in [0.29, 0.717) is 28.9 Å². The maximum absolute atomic E-state index is 6.52. The number of benzene rings is 1. The number of nitrogens with one attached hydrogen (secondary N) is 2. The van der Waals surface area contributed by atoms with Crippen molar-refractivity contribution in [3.05, 3.63) is 77.3 Å². The lowest BCUT2D eigenvalue weighted by Gasteiger charge is -2.14. The highest BCUT2D eigenvalue weighted by atomic mass is 35.5. The molecule has 10 nitrogen and oxygen atoms in total. The summed E-state index contributed by atoms with van der Waals surface area (Å²) in [6.07, 6.45) is 4.03. The molecule has 5 rings (SSSR count). The quantitative estimate of drug-likeness (QED) is 0.327. The molecular formula is C23H23ClN10. The number of aromatic nitrogens is 7. The van der Waals surface area contributed by atoms with Crippen molar-refractivity contribution in [1.82, 2.24) is 34.3 Å². The molecule has 0 bridgehead atoms. The SMILES string of the molecule is CNc1cc(-c2ccnc(Nc3ccnn3C)n2)cc2nnc([C@H](N)Cc3ccc(Cl)cc3)n12. The number of hydrogen-bond acceptors (Lipinski definition) is 8. The molecule has 0 saturated heterocycles. The highest BCUT2D eigenvalue weighted by Gasteiger charge is 2.18. The number of halogens is 1. The molecule has 4 aromatic heterocycles. The van der Waals surface area contributed by atoms with Crippen molar-refractivity contribution in [3.8, 4) is 11.3 Å². The van der Waals surface area contributed by atoms with E-state index in [1.807, 2.05) is 67.0 Å². The van der Waals surface area contributed by atoms with E-state index in [4.69, 9.17) is 17.3 Å². The fraction of sp³-hybridized carbons (Fsp3) is 0.174. The number of nitrogens with two attached hydrogens (primary N) is 1. The van der Waals surface area contributed by atoms with Gasteiger partial charge in [0.1, 0.15) is 11.6 Å². The topological polar surface area (TPSA) is 124 Å². The Morgan fingerprint density at radius 1 is 1.03 bits per heavy atom. The average Bonchev–Trinajstić information content (AvgIpc) is 3.46. The number of nitrogens with zero attached hydrogens (tertiary/aromatic N) is 7. The van der Waals surface area contributed by atoms with Gasteiger partial charge in [-0.2, -0.15) is 5.10 Å². The molecule has 0 radical (unpaired) electrons. The second-order valence-corrected chi connectivity index (χ2v) is 8.24. The van der Waals surface area contributed by atoms with Crippen molar-refractivity contribution in [1.29, 1.82) is 0 Å². The second-order valence-electron chi connectivity index (χ2n) is 7.80. The van der Waals surface area contributed by atoms with Crippen molar-refractivity contribution in [3.63, 3.8) is 0 Å². The minimum Gasteiger partial charge on any atom is -0.374 e. The van der Waals surface area contributed by atoms with E-state index < -0.39 is 0 Å². The monoisotopic (exact) mass is 474 g/mol. The van der Waals surface area contributed by atoms with E-state index in [9.17, 15) is 0 Å². The van der Waals surface area contributed by atoms with E-state index in [-0.39, 0.29) is 6.04 Å². The molecule has 11 heteroatoms. The van der Waals surface area contributed by atoms with Crippen LogP contribution in [0.3, 0.4) is 0 Å². The Balaban J connectivity index is 1.47. The van der Waals surface area contributed by atoms with Crippen molar-refractivity contribution in [2.24, 2.45) is 12.8 Å². The first-order chi connectivity index (χ1) is 16.5. The van der Waals surface area contributed by atoms with Gasteiger partial charge in [0.2, 0.25) is 5.95 Å². The molecule has 172 valence electrons. The Labute approximate surface area is 200 Å². The highest BCUT2D eigenvalue weighted by molar-refractivity contribution is 6.30. The molecule has 0 aliphatic carbocycles. The van der Waals surface area contributed by atoms with Gasteiger partial charge in [0, 0.05) is 36.9 Å². The summed E-state index contributed by atoms with van der Waals surface area (Å²) in [4.78, 5) is 8.98. The summed E-state index contributed by atoms with van der Waals surface area (Å²) in [5.41, 5.74) is 9.89. The fourth-order valence-corrected chi connectivity index (χ4v) is 3.90. The normalized spacial score (nSPS) is 12.1. The van der Waals surface area contributed by atoms with E-state index >= 15 is 0 Å². The minimum atomic E-state index is -0.345. The van der Waals surface area contributed by atoms with Gasteiger partial charge in [-0.3, -0.25) is 9.08 Å². The van der Waals surface area contributed by atoms with Gasteiger partial charge in [0.15, 0.2) is 11.5 Å². The van der Waals surface area contributed by atoms with Gasteiger partial charge in [0.05, 0.1) is 17.9 Å². The lowest BCUT2D eigenvalue weighted by Crippen LogP contribution is -2.18. The Bertz CT molecular complexity index is 1440. The molecule has 0 amide bonds. The van der Waals surface area contributed by atoms with E-state index in [1.54, 1.807) is 17.1 Å². The molecule has 5 aromatic rings. The van der Waals surface area contributed by atoms with Crippen LogP contribution in [0.1, 0.15) is 17.4 Å². The third kappa shape index (κ3) is 4.28. The number of rotatable bonds is 7. The molecule has 0 spiro atoms. The van der Waals surface area contributed by atoms with Crippen LogP contribution in [0, 0.1) is 0 Å². The highest BCUT2D eigenvalue weighted by Crippen LogP contribution is 2.27. The van der Waals surface area contributed by atoms with Crippen LogP contribution >= 0.6 is 11.6 Å². The van der Waals surface area contributed by atoms with Crippen LogP contribution in [0.4, 0.5) is 17.6 Å². The first kappa shape index (κ1) is 21.8. The molecule has 0 aliphatic heterocycles. The zero-order valence-corrected chi connectivity index (χ0v) is 19.4. The third-order valence-corrected chi connectivity index (χ3v) is 5.75. The van der Waals surface area contributed by atoms with E-state index in [0.717, 1.165) is 28.5 Å². The smallest absolute Gasteiger partial charge is 0.228 e. The first-order valence-electron chi connectivity index (χ1n) is 10.7. The molecule has 1 aromatic carbocycles. The number of pyridine rings is 1. The zero-order valence-electron chi connectivity index (χ0n) is 18.6. The molecule has 0 aliphatic rings. The number of fused-ring (bicyclic) bond motifs is 1. The van der Waals surface area contributed by atoms with Crippen LogP contribution in [0.5, 0.6) is 0 Å². The van der Waals surface area contributed by atoms with E-state index in [2.05, 4.69) is 35.9 Å². The van der Waals surface area contributed by atoms with Crippen molar-refractivity contribution in [2.45, 2.75) is 12.5 Å². The molecular weight excluding hydrogens is 452 g/mol. The van der Waals surface area contributed by atoms with Gasteiger partial charge >= 0.3 is 0 Å². The van der Waals surface area contributed by atoms with E-state index in [1.165, 1.54) is 0 Å². The van der Waals surface area contributed by atoms with Crippen molar-refractivity contribution in [2.75, 3.05) is 17.7 Å².